The Bertz CT molecular complexity index is 4150. The second kappa shape index (κ2) is 52.2. The summed E-state index contributed by atoms with van der Waals surface area (Å²) < 4.78 is 31.7. The monoisotopic (exact) mass is 1790 g/mol. The number of phenolic OH excluding ortho intramolecular Hbond substituents is 2. The third-order valence-corrected chi connectivity index (χ3v) is 20.7. The average molecular weight is 1790 g/mol. The summed E-state index contributed by atoms with van der Waals surface area (Å²) in [5.74, 6) is -19.5. The topological polar surface area (TPSA) is 711 Å². The summed E-state index contributed by atoms with van der Waals surface area (Å²) in [6.07, 6.45) is -6.54. The first-order chi connectivity index (χ1) is 59.2. The molecule has 43 nitrogen and oxygen atoms in total. The van der Waals surface area contributed by atoms with Gasteiger partial charge in [-0.05, 0) is 156 Å². The van der Waals surface area contributed by atoms with Crippen LogP contribution in [0.3, 0.4) is 0 Å². The molecular weight excluding hydrogens is 1660 g/mol. The van der Waals surface area contributed by atoms with E-state index >= 15 is 9.59 Å². The maximum absolute atomic E-state index is 15.1. The number of guanidine groups is 2. The van der Waals surface area contributed by atoms with Crippen LogP contribution in [0.2, 0.25) is 0 Å². The number of aliphatic carboxylic acids is 3. The number of nitrogens with two attached hydrogens (primary N) is 6. The number of carbonyl (C=O) groups is 17. The zero-order valence-corrected chi connectivity index (χ0v) is 71.3. The number of phenols is 2. The Hall–Kier alpha value is -12.7. The number of primary amides is 1. The zero-order valence-electron chi connectivity index (χ0n) is 71.3. The predicted octanol–water partition coefficient (Wildman–Crippen LogP) is -3.18. The fraction of sp³-hybridized carbons (Fsp3) is 0.613. The van der Waals surface area contributed by atoms with Crippen LogP contribution >= 0.6 is 0 Å². The summed E-state index contributed by atoms with van der Waals surface area (Å²) in [6, 6.07) is -7.40. The van der Waals surface area contributed by atoms with Gasteiger partial charge in [0.25, 0.3) is 0 Å². The molecule has 3 saturated heterocycles. The molecule has 3 fully saturated rings. The summed E-state index contributed by atoms with van der Waals surface area (Å²) >= 11 is 0. The highest BCUT2D eigenvalue weighted by Gasteiger charge is 2.45. The van der Waals surface area contributed by atoms with E-state index < -0.39 is 205 Å². The molecule has 126 heavy (non-hydrogen) atoms. The number of aromatic hydroxyl groups is 2. The lowest BCUT2D eigenvalue weighted by atomic mass is 9.96. The van der Waals surface area contributed by atoms with E-state index in [0.717, 1.165) is 4.90 Å². The number of unbranched alkanes of at least 4 members (excludes halogenated alkanes) is 1. The lowest BCUT2D eigenvalue weighted by Crippen LogP contribution is -2.61. The number of halogens is 3. The smallest absolute Gasteiger partial charge is 0.490 e. The maximum atomic E-state index is 15.1. The Morgan fingerprint density at radius 1 is 0.492 bits per heavy atom. The van der Waals surface area contributed by atoms with E-state index in [0.29, 0.717) is 24.0 Å². The molecule has 0 radical (unpaired) electrons. The zero-order chi connectivity index (χ0) is 94.4. The van der Waals surface area contributed by atoms with Crippen LogP contribution in [-0.4, -0.2) is 265 Å². The molecule has 28 N–H and O–H groups in total. The number of benzene rings is 2. The van der Waals surface area contributed by atoms with E-state index in [2.05, 4.69) is 68.5 Å². The fourth-order valence-corrected chi connectivity index (χ4v) is 14.0. The summed E-state index contributed by atoms with van der Waals surface area (Å²) in [5, 5.41) is 75.8. The number of amides is 14. The first-order valence-corrected chi connectivity index (χ1v) is 41.6. The van der Waals surface area contributed by atoms with Crippen molar-refractivity contribution < 1.29 is 120 Å². The molecule has 0 unspecified atom stereocenters. The number of carboxylic acid groups (broad SMARTS) is 3. The van der Waals surface area contributed by atoms with Crippen molar-refractivity contribution in [2.75, 3.05) is 32.7 Å². The van der Waals surface area contributed by atoms with Crippen molar-refractivity contribution >= 4 is 113 Å². The van der Waals surface area contributed by atoms with Crippen LogP contribution < -0.4 is 92.9 Å². The first-order valence-electron chi connectivity index (χ1n) is 41.6. The number of hydrogen-bond acceptors (Lipinski definition) is 22. The lowest BCUT2D eigenvalue weighted by molar-refractivity contribution is -0.192. The van der Waals surface area contributed by atoms with Gasteiger partial charge in [-0.25, -0.2) is 9.59 Å². The molecule has 0 aromatic heterocycles. The number of nitrogens with one attached hydrogen (secondary N) is 11. The van der Waals surface area contributed by atoms with Gasteiger partial charge in [0.05, 0.1) is 6.42 Å². The normalized spacial score (nSPS) is 17.4. The number of hydrogen-bond donors (Lipinski definition) is 22. The Kier molecular flexibility index (Phi) is 43.8. The van der Waals surface area contributed by atoms with Gasteiger partial charge >= 0.3 is 24.1 Å². The highest BCUT2D eigenvalue weighted by atomic mass is 19.4. The molecule has 14 atom stereocenters. The minimum atomic E-state index is -5.08. The largest absolute Gasteiger partial charge is 0.508 e. The molecular formula is C80H122F3N21O22. The van der Waals surface area contributed by atoms with Crippen LogP contribution in [0.5, 0.6) is 11.5 Å². The van der Waals surface area contributed by atoms with Gasteiger partial charge in [-0.1, -0.05) is 72.2 Å². The Balaban J connectivity index is 0.00000455. The van der Waals surface area contributed by atoms with Crippen molar-refractivity contribution in [3.8, 4) is 11.5 Å². The van der Waals surface area contributed by atoms with Gasteiger partial charge in [-0.15, -0.1) is 0 Å². The van der Waals surface area contributed by atoms with Crippen molar-refractivity contribution in [2.45, 2.75) is 261 Å². The second-order valence-corrected chi connectivity index (χ2v) is 31.9. The maximum Gasteiger partial charge on any atom is 0.490 e. The lowest BCUT2D eigenvalue weighted by Gasteiger charge is -2.32. The molecule has 0 bridgehead atoms. The molecule has 5 rings (SSSR count). The van der Waals surface area contributed by atoms with Crippen LogP contribution in [0.4, 0.5) is 13.2 Å². The molecule has 14 amide bonds. The minimum absolute atomic E-state index is 0.00423. The third kappa shape index (κ3) is 36.6. The number of rotatable bonds is 50. The summed E-state index contributed by atoms with van der Waals surface area (Å²) in [7, 11) is 0. The van der Waals surface area contributed by atoms with E-state index in [9.17, 15) is 101 Å². The first kappa shape index (κ1) is 106. The van der Waals surface area contributed by atoms with Gasteiger partial charge in [0.2, 0.25) is 82.7 Å². The molecule has 0 spiro atoms. The molecule has 0 saturated carbocycles. The van der Waals surface area contributed by atoms with Crippen molar-refractivity contribution in [3.63, 3.8) is 0 Å². The van der Waals surface area contributed by atoms with Crippen LogP contribution in [-0.2, 0) is 94.3 Å². The highest BCUT2D eigenvalue weighted by molar-refractivity contribution is 6.01. The average Bonchev–Trinajstić information content (AvgIpc) is 1.65. The van der Waals surface area contributed by atoms with Gasteiger partial charge in [-0.2, -0.15) is 13.2 Å². The number of alkyl halides is 3. The summed E-state index contributed by atoms with van der Waals surface area (Å²) in [5.41, 5.74) is 34.9. The van der Waals surface area contributed by atoms with Crippen molar-refractivity contribution in [1.29, 1.82) is 0 Å². The van der Waals surface area contributed by atoms with E-state index in [1.54, 1.807) is 41.5 Å². The van der Waals surface area contributed by atoms with E-state index in [4.69, 9.17) is 44.3 Å². The second-order valence-electron chi connectivity index (χ2n) is 31.9. The van der Waals surface area contributed by atoms with E-state index in [1.165, 1.54) is 53.4 Å². The van der Waals surface area contributed by atoms with Gasteiger partial charge in [0.15, 0.2) is 11.9 Å². The minimum Gasteiger partial charge on any atom is -0.508 e. The summed E-state index contributed by atoms with van der Waals surface area (Å²) in [6.45, 7) is 10.5. The number of likely N-dealkylation sites (tertiary alicyclic amines) is 2. The molecule has 2 aromatic carbocycles. The third-order valence-electron chi connectivity index (χ3n) is 20.7. The molecule has 0 aliphatic carbocycles. The van der Waals surface area contributed by atoms with Crippen molar-refractivity contribution in [2.24, 2.45) is 62.1 Å². The van der Waals surface area contributed by atoms with Crippen molar-refractivity contribution in [1.82, 2.24) is 68.3 Å². The molecule has 3 aliphatic rings. The van der Waals surface area contributed by atoms with Gasteiger partial charge < -0.3 is 128 Å². The van der Waals surface area contributed by atoms with Crippen molar-refractivity contribution in [3.05, 3.63) is 59.7 Å². The van der Waals surface area contributed by atoms with Gasteiger partial charge in [-0.3, -0.25) is 81.9 Å². The Morgan fingerprint density at radius 2 is 0.881 bits per heavy atom. The van der Waals surface area contributed by atoms with E-state index in [1.807, 2.05) is 0 Å². The Morgan fingerprint density at radius 3 is 1.31 bits per heavy atom. The van der Waals surface area contributed by atoms with Crippen LogP contribution in [0.1, 0.15) is 175 Å². The highest BCUT2D eigenvalue weighted by Crippen LogP contribution is 2.25. The molecule has 3 aliphatic heterocycles. The van der Waals surface area contributed by atoms with E-state index in [-0.39, 0.29) is 177 Å². The number of carbonyl (C=O) groups excluding carboxylic acids is 14. The quantitative estimate of drug-likeness (QED) is 0.0176. The molecule has 2 aromatic rings. The van der Waals surface area contributed by atoms with Gasteiger partial charge in [0.1, 0.15) is 90.0 Å². The number of carboxylic acids is 3. The Labute approximate surface area is 725 Å². The predicted molar refractivity (Wildman–Crippen MR) is 447 cm³/mol. The van der Waals surface area contributed by atoms with Gasteiger partial charge in [0, 0.05) is 51.9 Å². The molecule has 46 heteroatoms. The molecule has 700 valence electrons. The summed E-state index contributed by atoms with van der Waals surface area (Å²) in [4.78, 5) is 243. The fourth-order valence-electron chi connectivity index (χ4n) is 14.0. The number of aliphatic imine (C=N–C) groups is 2. The van der Waals surface area contributed by atoms with Crippen LogP contribution in [0, 0.1) is 17.8 Å². The SMILES string of the molecule is CC[C@H](C)[C@H](NC(=O)[C@H](Cc1ccc(O)cc1)NC(=O)[C@@H]1CCCN1C(=O)[C@H](CCCN=C(N)N)NC(=O)[C@H](CCCN=C(N)N)NC(=O)[C@@H]1CCCN1C(=O)[C@H](CCCCN)NC(=O)[C@H](CC(N)=O)NC(=O)[C@H](CCC(=O)O)NC(=O)[C@H](Cc1ccc(O)cc1)NC(=O)[C@H](CC(C)C)NC(=O)[C@@H]1CCC(=O)N1)C(=O)N[C@@H](CC(C)C)C(=O)O.O=C(O)C(F)(F)F. The standard InChI is InChI=1S/C78H121N21O20.C2HF3O2/c1-7-43(6)63(73(115)96-57(76(118)119)37-42(4)5)97-70(112)55(39-45-21-25-47(101)26-22-45)95-72(114)59-18-13-35-99(59)75(117)52(16-11-33-86-78(83)84)90-64(106)48(15-10-32-85-77(81)82)89-71(113)58-17-12-34-98(58)74(116)51(14-8-9-31-79)91-69(111)56(40-60(80)102)94-66(108)50(28-30-62(104)105)88-68(110)54(38-44-19-23-46(100)24-20-44)93-67(109)53(36-41(2)3)92-65(107)49-27-29-61(103)87-49;3-2(4,5)1(6)7/h19-26,41-43,48-59,63,100-101H,7-18,27-40,79H2,1-6H3,(H2,80,102)(H,87,103)(H,88,110)(H,89,113)(H,90,106)(H,91,111)(H,92,107)(H,93,109)(H,94,108)(H,95,114)(H,96,115)(H,97,112)(H,104,105)(H,118,119)(H4,81,82,85)(H4,83,84,86);(H,6,7)/t43-,48-,49-,50-,51-,52-,53-,54-,55-,56-,57-,58-,59-,63-;/m0./s1. The van der Waals surface area contributed by atoms with Crippen LogP contribution in [0.15, 0.2) is 58.5 Å². The number of nitrogens with zero attached hydrogens (tertiary/aromatic N) is 4. The van der Waals surface area contributed by atoms with Crippen LogP contribution in [0.25, 0.3) is 0 Å². The molecule has 3 heterocycles.